The molecule has 3 N–H and O–H groups in total. The van der Waals surface area contributed by atoms with E-state index in [1.165, 1.54) is 16.0 Å². The van der Waals surface area contributed by atoms with Gasteiger partial charge in [-0.25, -0.2) is 0 Å². The van der Waals surface area contributed by atoms with E-state index >= 15 is 0 Å². The molecule has 0 saturated carbocycles. The lowest BCUT2D eigenvalue weighted by molar-refractivity contribution is 0.744. The van der Waals surface area contributed by atoms with E-state index in [1.807, 2.05) is 6.92 Å². The number of aromatic nitrogens is 4. The average molecular weight is 211 g/mol. The largest absolute Gasteiger partial charge is 0.383 e. The number of aromatic amines is 1. The molecule has 0 fully saturated rings. The molecule has 0 aliphatic carbocycles. The summed E-state index contributed by atoms with van der Waals surface area (Å²) in [6.07, 6.45) is 0. The Kier molecular flexibility index (Phi) is 1.88. The summed E-state index contributed by atoms with van der Waals surface area (Å²) in [5.74, 6) is 0.327. The van der Waals surface area contributed by atoms with Crippen LogP contribution in [0, 0.1) is 6.92 Å². The molecule has 2 rings (SSSR count). The lowest BCUT2D eigenvalue weighted by Crippen LogP contribution is -2.12. The Bertz CT molecular complexity index is 522. The molecule has 2 aromatic heterocycles. The Morgan fingerprint density at radius 2 is 2.21 bits per heavy atom. The Morgan fingerprint density at radius 3 is 2.64 bits per heavy atom. The van der Waals surface area contributed by atoms with Crippen molar-refractivity contribution < 1.29 is 0 Å². The Balaban J connectivity index is 2.67. The number of anilines is 1. The van der Waals surface area contributed by atoms with Gasteiger partial charge in [-0.15, -0.1) is 10.2 Å². The van der Waals surface area contributed by atoms with E-state index in [4.69, 9.17) is 5.73 Å². The summed E-state index contributed by atoms with van der Waals surface area (Å²) in [4.78, 5) is 11.6. The third kappa shape index (κ3) is 1.22. The maximum atomic E-state index is 11.6. The monoisotopic (exact) mass is 211 g/mol. The van der Waals surface area contributed by atoms with Crippen LogP contribution in [0.25, 0.3) is 10.6 Å². The van der Waals surface area contributed by atoms with Gasteiger partial charge in [0.2, 0.25) is 0 Å². The van der Waals surface area contributed by atoms with E-state index in [-0.39, 0.29) is 5.56 Å². The van der Waals surface area contributed by atoms with Crippen LogP contribution in [0.3, 0.4) is 0 Å². The number of nitrogens with one attached hydrogen (secondary N) is 1. The van der Waals surface area contributed by atoms with E-state index < -0.39 is 0 Å². The minimum absolute atomic E-state index is 0.182. The van der Waals surface area contributed by atoms with Crippen LogP contribution >= 0.6 is 11.3 Å². The van der Waals surface area contributed by atoms with Gasteiger partial charge in [-0.3, -0.25) is 14.6 Å². The van der Waals surface area contributed by atoms with Gasteiger partial charge in [-0.1, -0.05) is 11.3 Å². The first kappa shape index (κ1) is 8.95. The summed E-state index contributed by atoms with van der Waals surface area (Å²) in [5, 5.41) is 11.8. The molecule has 0 atom stereocenters. The van der Waals surface area contributed by atoms with E-state index in [9.17, 15) is 4.79 Å². The molecule has 0 bridgehead atoms. The summed E-state index contributed by atoms with van der Waals surface area (Å²) in [5.41, 5.74) is 5.87. The third-order valence-corrected chi connectivity index (χ3v) is 2.67. The highest BCUT2D eigenvalue weighted by atomic mass is 32.1. The average Bonchev–Trinajstić information content (AvgIpc) is 2.60. The SMILES string of the molecule is Cc1nnc(-c2c(N)[nH]n(C)c2=O)s1. The zero-order valence-electron chi connectivity index (χ0n) is 7.74. The lowest BCUT2D eigenvalue weighted by Gasteiger charge is -1.87. The summed E-state index contributed by atoms with van der Waals surface area (Å²) in [6, 6.07) is 0. The number of hydrogen-bond acceptors (Lipinski definition) is 5. The van der Waals surface area contributed by atoms with Gasteiger partial charge in [0.15, 0.2) is 5.01 Å². The fourth-order valence-electron chi connectivity index (χ4n) is 1.17. The first-order chi connectivity index (χ1) is 6.59. The molecule has 6 nitrogen and oxygen atoms in total. The predicted octanol–water partition coefficient (Wildman–Crippen LogP) is 0.123. The van der Waals surface area contributed by atoms with E-state index in [0.717, 1.165) is 5.01 Å². The molecule has 2 heterocycles. The minimum atomic E-state index is -0.182. The topological polar surface area (TPSA) is 89.6 Å². The van der Waals surface area contributed by atoms with Crippen LogP contribution < -0.4 is 11.3 Å². The van der Waals surface area contributed by atoms with Crippen molar-refractivity contribution in [2.45, 2.75) is 6.92 Å². The van der Waals surface area contributed by atoms with Crippen LogP contribution in [0.5, 0.6) is 0 Å². The fourth-order valence-corrected chi connectivity index (χ4v) is 1.92. The normalized spacial score (nSPS) is 10.7. The van der Waals surface area contributed by atoms with Gasteiger partial charge in [0.25, 0.3) is 5.56 Å². The highest BCUT2D eigenvalue weighted by molar-refractivity contribution is 7.14. The summed E-state index contributed by atoms with van der Waals surface area (Å²) < 4.78 is 1.32. The van der Waals surface area contributed by atoms with Crippen LogP contribution in [0.15, 0.2) is 4.79 Å². The molecular weight excluding hydrogens is 202 g/mol. The smallest absolute Gasteiger partial charge is 0.278 e. The van der Waals surface area contributed by atoms with Gasteiger partial charge in [0.05, 0.1) is 0 Å². The van der Waals surface area contributed by atoms with Gasteiger partial charge in [0, 0.05) is 7.05 Å². The van der Waals surface area contributed by atoms with Gasteiger partial charge in [-0.2, -0.15) is 0 Å². The van der Waals surface area contributed by atoms with Crippen molar-refractivity contribution in [2.24, 2.45) is 7.05 Å². The maximum absolute atomic E-state index is 11.6. The molecule has 0 radical (unpaired) electrons. The summed E-state index contributed by atoms with van der Waals surface area (Å²) >= 11 is 1.35. The molecule has 2 aromatic rings. The predicted molar refractivity (Wildman–Crippen MR) is 54.1 cm³/mol. The van der Waals surface area contributed by atoms with E-state index in [0.29, 0.717) is 16.4 Å². The van der Waals surface area contributed by atoms with Crippen molar-refractivity contribution in [1.29, 1.82) is 0 Å². The third-order valence-electron chi connectivity index (χ3n) is 1.82. The number of H-pyrrole nitrogens is 1. The molecule has 0 amide bonds. The second-order valence-corrected chi connectivity index (χ2v) is 4.07. The molecule has 74 valence electrons. The molecule has 0 aliphatic heterocycles. The number of nitrogens with zero attached hydrogens (tertiary/aromatic N) is 3. The molecule has 0 unspecified atom stereocenters. The molecular formula is C7H9N5OS. The van der Waals surface area contributed by atoms with Crippen LogP contribution in [0.4, 0.5) is 5.82 Å². The zero-order chi connectivity index (χ0) is 10.3. The number of nitrogens with two attached hydrogens (primary N) is 1. The highest BCUT2D eigenvalue weighted by Crippen LogP contribution is 2.23. The fraction of sp³-hybridized carbons (Fsp3) is 0.286. The second-order valence-electron chi connectivity index (χ2n) is 2.89. The Hall–Kier alpha value is -1.63. The van der Waals surface area contributed by atoms with Crippen LogP contribution in [0.1, 0.15) is 5.01 Å². The summed E-state index contributed by atoms with van der Waals surface area (Å²) in [6.45, 7) is 1.83. The van der Waals surface area contributed by atoms with Crippen molar-refractivity contribution in [3.63, 3.8) is 0 Å². The van der Waals surface area contributed by atoms with Crippen molar-refractivity contribution in [2.75, 3.05) is 5.73 Å². The second kappa shape index (κ2) is 2.95. The molecule has 0 aromatic carbocycles. The zero-order valence-corrected chi connectivity index (χ0v) is 8.55. The molecule has 0 saturated heterocycles. The number of rotatable bonds is 1. The minimum Gasteiger partial charge on any atom is -0.383 e. The number of aryl methyl sites for hydroxylation is 2. The maximum Gasteiger partial charge on any atom is 0.278 e. The molecule has 0 aliphatic rings. The number of hydrogen-bond donors (Lipinski definition) is 2. The summed E-state index contributed by atoms with van der Waals surface area (Å²) in [7, 11) is 1.61. The highest BCUT2D eigenvalue weighted by Gasteiger charge is 2.15. The van der Waals surface area contributed by atoms with Crippen molar-refractivity contribution >= 4 is 17.2 Å². The van der Waals surface area contributed by atoms with Crippen molar-refractivity contribution in [3.05, 3.63) is 15.4 Å². The number of nitrogen functional groups attached to an aromatic ring is 1. The van der Waals surface area contributed by atoms with Crippen LogP contribution in [-0.2, 0) is 7.05 Å². The standard InChI is InChI=1S/C7H9N5OS/c1-3-9-10-6(14-3)4-5(8)11-12(2)7(4)13/h11H,8H2,1-2H3. The van der Waals surface area contributed by atoms with E-state index in [1.54, 1.807) is 7.05 Å². The van der Waals surface area contributed by atoms with Gasteiger partial charge in [0.1, 0.15) is 16.4 Å². The van der Waals surface area contributed by atoms with Crippen LogP contribution in [0.2, 0.25) is 0 Å². The van der Waals surface area contributed by atoms with Crippen LogP contribution in [-0.4, -0.2) is 20.0 Å². The van der Waals surface area contributed by atoms with Gasteiger partial charge >= 0.3 is 0 Å². The Labute approximate surface area is 83.4 Å². The van der Waals surface area contributed by atoms with Gasteiger partial charge in [-0.05, 0) is 6.92 Å². The molecule has 14 heavy (non-hydrogen) atoms. The molecule has 7 heteroatoms. The van der Waals surface area contributed by atoms with Crippen molar-refractivity contribution in [1.82, 2.24) is 20.0 Å². The molecule has 0 spiro atoms. The van der Waals surface area contributed by atoms with E-state index in [2.05, 4.69) is 15.3 Å². The quantitative estimate of drug-likeness (QED) is 0.701. The lowest BCUT2D eigenvalue weighted by atomic mass is 10.3. The first-order valence-electron chi connectivity index (χ1n) is 3.94. The van der Waals surface area contributed by atoms with Gasteiger partial charge < -0.3 is 5.73 Å². The Morgan fingerprint density at radius 1 is 1.50 bits per heavy atom. The first-order valence-corrected chi connectivity index (χ1v) is 4.76. The van der Waals surface area contributed by atoms with Crippen molar-refractivity contribution in [3.8, 4) is 10.6 Å².